The molecule has 0 atom stereocenters. The normalized spacial score (nSPS) is 9.56. The molecule has 2 rings (SSSR count). The number of ether oxygens (including phenoxy) is 1. The van der Waals surface area contributed by atoms with E-state index in [9.17, 15) is 0 Å². The van der Waals surface area contributed by atoms with Crippen LogP contribution in [0.5, 0.6) is 5.75 Å². The van der Waals surface area contributed by atoms with Gasteiger partial charge in [0.05, 0.1) is 12.6 Å². The molecule has 0 aliphatic rings. The number of nitrogens with zero attached hydrogens (tertiary/aromatic N) is 2. The molecule has 0 aliphatic heterocycles. The van der Waals surface area contributed by atoms with Crippen LogP contribution in [0, 0.1) is 13.8 Å². The first-order chi connectivity index (χ1) is 7.72. The Hall–Kier alpha value is -1.64. The molecule has 1 heterocycles. The lowest BCUT2D eigenvalue weighted by Gasteiger charge is -2.06. The van der Waals surface area contributed by atoms with Gasteiger partial charge < -0.3 is 4.74 Å². The van der Waals surface area contributed by atoms with E-state index in [1.165, 1.54) is 0 Å². The lowest BCUT2D eigenvalue weighted by Crippen LogP contribution is -1.92. The smallest absolute Gasteiger partial charge is 0.121 e. The maximum absolute atomic E-state index is 5.18. The van der Waals surface area contributed by atoms with Crippen LogP contribution in [0.1, 0.15) is 25.1 Å². The molecule has 1 aromatic heterocycles. The second kappa shape index (κ2) is 5.45. The van der Waals surface area contributed by atoms with Gasteiger partial charge in [-0.3, -0.25) is 0 Å². The lowest BCUT2D eigenvalue weighted by molar-refractivity contribution is 0.415. The number of fused-ring (bicyclic) bond motifs is 1. The van der Waals surface area contributed by atoms with Crippen molar-refractivity contribution in [2.45, 2.75) is 27.7 Å². The highest BCUT2D eigenvalue weighted by Gasteiger charge is 2.04. The quantitative estimate of drug-likeness (QED) is 0.736. The van der Waals surface area contributed by atoms with Gasteiger partial charge in [-0.15, -0.1) is 0 Å². The Morgan fingerprint density at radius 1 is 1.06 bits per heavy atom. The summed E-state index contributed by atoms with van der Waals surface area (Å²) in [5, 5.41) is 1.12. The highest BCUT2D eigenvalue weighted by molar-refractivity contribution is 5.85. The third-order valence-electron chi connectivity index (χ3n) is 2.33. The standard InChI is InChI=1S/C11H12N2O.C2H6/c1-7-4-9(14-3)5-10-11(7)8(2)12-6-13-10;1-2/h4-6H,1-3H3;1-2H3. The third-order valence-corrected chi connectivity index (χ3v) is 2.33. The summed E-state index contributed by atoms with van der Waals surface area (Å²) in [6.45, 7) is 8.03. The summed E-state index contributed by atoms with van der Waals surface area (Å²) in [6.07, 6.45) is 1.58. The minimum absolute atomic E-state index is 0.841. The first kappa shape index (κ1) is 12.4. The van der Waals surface area contributed by atoms with E-state index in [-0.39, 0.29) is 0 Å². The molecule has 0 bridgehead atoms. The summed E-state index contributed by atoms with van der Waals surface area (Å²) < 4.78 is 5.18. The molecule has 0 unspecified atom stereocenters. The number of rotatable bonds is 1. The zero-order valence-electron chi connectivity index (χ0n) is 10.5. The maximum atomic E-state index is 5.18. The van der Waals surface area contributed by atoms with E-state index in [0.29, 0.717) is 0 Å². The second-order valence-electron chi connectivity index (χ2n) is 3.30. The van der Waals surface area contributed by atoms with E-state index < -0.39 is 0 Å². The number of methoxy groups -OCH3 is 1. The van der Waals surface area contributed by atoms with Crippen molar-refractivity contribution in [1.29, 1.82) is 0 Å². The van der Waals surface area contributed by atoms with Crippen LogP contribution in [0.15, 0.2) is 18.5 Å². The molecule has 1 aromatic carbocycles. The van der Waals surface area contributed by atoms with E-state index in [2.05, 4.69) is 9.97 Å². The van der Waals surface area contributed by atoms with E-state index in [1.54, 1.807) is 13.4 Å². The Morgan fingerprint density at radius 3 is 2.38 bits per heavy atom. The lowest BCUT2D eigenvalue weighted by atomic mass is 10.1. The van der Waals surface area contributed by atoms with Crippen molar-refractivity contribution in [1.82, 2.24) is 9.97 Å². The summed E-state index contributed by atoms with van der Waals surface area (Å²) in [4.78, 5) is 8.39. The van der Waals surface area contributed by atoms with Crippen molar-refractivity contribution in [2.24, 2.45) is 0 Å². The van der Waals surface area contributed by atoms with Gasteiger partial charge in [0.1, 0.15) is 12.1 Å². The van der Waals surface area contributed by atoms with Crippen molar-refractivity contribution >= 4 is 10.9 Å². The Kier molecular flexibility index (Phi) is 4.23. The van der Waals surface area contributed by atoms with E-state index in [0.717, 1.165) is 27.9 Å². The van der Waals surface area contributed by atoms with Crippen LogP contribution in [0.2, 0.25) is 0 Å². The number of hydrogen-bond acceptors (Lipinski definition) is 3. The number of benzene rings is 1. The van der Waals surface area contributed by atoms with E-state index in [1.807, 2.05) is 39.8 Å². The van der Waals surface area contributed by atoms with Crippen molar-refractivity contribution in [3.63, 3.8) is 0 Å². The SMILES string of the molecule is CC.COc1cc(C)c2c(C)ncnc2c1. The molecule has 0 amide bonds. The van der Waals surface area contributed by atoms with Gasteiger partial charge in [0.2, 0.25) is 0 Å². The fourth-order valence-electron chi connectivity index (χ4n) is 1.67. The zero-order valence-corrected chi connectivity index (χ0v) is 10.5. The van der Waals surface area contributed by atoms with Crippen LogP contribution in [-0.2, 0) is 0 Å². The van der Waals surface area contributed by atoms with E-state index >= 15 is 0 Å². The topological polar surface area (TPSA) is 35.0 Å². The number of hydrogen-bond donors (Lipinski definition) is 0. The van der Waals surface area contributed by atoms with Crippen LogP contribution >= 0.6 is 0 Å². The van der Waals surface area contributed by atoms with Crippen LogP contribution in [0.4, 0.5) is 0 Å². The van der Waals surface area contributed by atoms with Gasteiger partial charge in [0.15, 0.2) is 0 Å². The van der Waals surface area contributed by atoms with Gasteiger partial charge in [0, 0.05) is 17.1 Å². The predicted molar refractivity (Wildman–Crippen MR) is 66.9 cm³/mol. The van der Waals surface area contributed by atoms with Crippen molar-refractivity contribution in [2.75, 3.05) is 7.11 Å². The van der Waals surface area contributed by atoms with Crippen LogP contribution < -0.4 is 4.74 Å². The molecule has 0 saturated carbocycles. The summed E-state index contributed by atoms with van der Waals surface area (Å²) in [6, 6.07) is 3.93. The van der Waals surface area contributed by atoms with Gasteiger partial charge in [0.25, 0.3) is 0 Å². The third kappa shape index (κ3) is 2.30. The molecule has 3 heteroatoms. The summed E-state index contributed by atoms with van der Waals surface area (Å²) >= 11 is 0. The maximum Gasteiger partial charge on any atom is 0.121 e. The van der Waals surface area contributed by atoms with Gasteiger partial charge in [-0.25, -0.2) is 9.97 Å². The Morgan fingerprint density at radius 2 is 1.75 bits per heavy atom. The van der Waals surface area contributed by atoms with Gasteiger partial charge >= 0.3 is 0 Å². The highest BCUT2D eigenvalue weighted by atomic mass is 16.5. The molecule has 86 valence electrons. The molecule has 0 saturated heterocycles. The second-order valence-corrected chi connectivity index (χ2v) is 3.30. The minimum atomic E-state index is 0.841. The van der Waals surface area contributed by atoms with Gasteiger partial charge in [-0.1, -0.05) is 13.8 Å². The molecule has 0 radical (unpaired) electrons. The summed E-state index contributed by atoms with van der Waals surface area (Å²) in [7, 11) is 1.66. The Balaban J connectivity index is 0.000000606. The molecular weight excluding hydrogens is 200 g/mol. The average Bonchev–Trinajstić information content (AvgIpc) is 2.31. The minimum Gasteiger partial charge on any atom is -0.497 e. The largest absolute Gasteiger partial charge is 0.497 e. The molecule has 0 fully saturated rings. The fourth-order valence-corrected chi connectivity index (χ4v) is 1.67. The molecule has 0 spiro atoms. The van der Waals surface area contributed by atoms with E-state index in [4.69, 9.17) is 4.74 Å². The monoisotopic (exact) mass is 218 g/mol. The van der Waals surface area contributed by atoms with Crippen molar-refractivity contribution in [3.8, 4) is 5.75 Å². The Labute approximate surface area is 96.5 Å². The first-order valence-corrected chi connectivity index (χ1v) is 5.48. The molecular formula is C13H18N2O. The van der Waals surface area contributed by atoms with Crippen LogP contribution in [-0.4, -0.2) is 17.1 Å². The highest BCUT2D eigenvalue weighted by Crippen LogP contribution is 2.24. The Bertz CT molecular complexity index is 481. The first-order valence-electron chi connectivity index (χ1n) is 5.48. The van der Waals surface area contributed by atoms with Crippen molar-refractivity contribution < 1.29 is 4.74 Å². The van der Waals surface area contributed by atoms with Gasteiger partial charge in [-0.05, 0) is 25.5 Å². The molecule has 3 nitrogen and oxygen atoms in total. The fraction of sp³-hybridized carbons (Fsp3) is 0.385. The zero-order chi connectivity index (χ0) is 12.1. The molecule has 2 aromatic rings. The van der Waals surface area contributed by atoms with Crippen molar-refractivity contribution in [3.05, 3.63) is 29.7 Å². The van der Waals surface area contributed by atoms with Gasteiger partial charge in [-0.2, -0.15) is 0 Å². The van der Waals surface area contributed by atoms with Crippen LogP contribution in [0.25, 0.3) is 10.9 Å². The average molecular weight is 218 g/mol. The summed E-state index contributed by atoms with van der Waals surface area (Å²) in [5.74, 6) is 0.841. The molecule has 16 heavy (non-hydrogen) atoms. The number of aryl methyl sites for hydroxylation is 2. The van der Waals surface area contributed by atoms with Crippen LogP contribution in [0.3, 0.4) is 0 Å². The molecule has 0 aliphatic carbocycles. The summed E-state index contributed by atoms with van der Waals surface area (Å²) in [5.41, 5.74) is 3.10. The predicted octanol–water partition coefficient (Wildman–Crippen LogP) is 3.28. The number of aromatic nitrogens is 2. The molecule has 0 N–H and O–H groups in total.